The lowest BCUT2D eigenvalue weighted by Crippen LogP contribution is -2.48. The minimum Gasteiger partial charge on any atom is -0.365 e. The molecule has 0 aliphatic carbocycles. The molecule has 1 saturated heterocycles. The van der Waals surface area contributed by atoms with Crippen LogP contribution in [0.3, 0.4) is 0 Å². The van der Waals surface area contributed by atoms with Gasteiger partial charge in [-0.3, -0.25) is 15.0 Å². The minimum absolute atomic E-state index is 0.170. The summed E-state index contributed by atoms with van der Waals surface area (Å²) in [6.45, 7) is -0.269. The van der Waals surface area contributed by atoms with Crippen LogP contribution in [-0.2, 0) is 0 Å². The Morgan fingerprint density at radius 2 is 2.10 bits per heavy atom. The van der Waals surface area contributed by atoms with Crippen LogP contribution in [0.1, 0.15) is 17.0 Å². The number of pyridine rings is 1. The third-order valence-corrected chi connectivity index (χ3v) is 5.17. The quantitative estimate of drug-likeness (QED) is 0.692. The van der Waals surface area contributed by atoms with Gasteiger partial charge in [-0.15, -0.1) is 0 Å². The van der Waals surface area contributed by atoms with Gasteiger partial charge < -0.3 is 10.2 Å². The van der Waals surface area contributed by atoms with E-state index < -0.39 is 30.5 Å². The molecule has 2 N–H and O–H groups in total. The Bertz CT molecular complexity index is 1000. The lowest BCUT2D eigenvalue weighted by molar-refractivity contribution is -0.123. The number of fused-ring (bicyclic) bond motifs is 4. The average Bonchev–Trinajstić information content (AvgIpc) is 3.09. The fourth-order valence-electron chi connectivity index (χ4n) is 3.39. The summed E-state index contributed by atoms with van der Waals surface area (Å²) >= 11 is 3.30. The van der Waals surface area contributed by atoms with Crippen molar-refractivity contribution in [1.82, 2.24) is 20.3 Å². The zero-order chi connectivity index (χ0) is 21.5. The molecule has 2 aromatic rings. The van der Waals surface area contributed by atoms with E-state index in [1.54, 1.807) is 17.4 Å². The molecule has 0 aromatic carbocycles. The van der Waals surface area contributed by atoms with E-state index in [-0.39, 0.29) is 11.9 Å². The highest BCUT2D eigenvalue weighted by Crippen LogP contribution is 2.38. The van der Waals surface area contributed by atoms with Crippen molar-refractivity contribution in [2.45, 2.75) is 18.6 Å². The van der Waals surface area contributed by atoms with Gasteiger partial charge in [-0.1, -0.05) is 15.9 Å². The molecule has 158 valence electrons. The topological polar surface area (TPSA) is 103 Å². The van der Waals surface area contributed by atoms with Crippen LogP contribution < -0.4 is 20.4 Å². The first kappa shape index (κ1) is 20.3. The van der Waals surface area contributed by atoms with Crippen LogP contribution in [0.5, 0.6) is 0 Å². The number of carbonyl (C=O) groups excluding carboxylic acids is 2. The number of alkyl halides is 3. The van der Waals surface area contributed by atoms with Crippen molar-refractivity contribution in [3.05, 3.63) is 34.8 Å². The summed E-state index contributed by atoms with van der Waals surface area (Å²) in [6.07, 6.45) is -1.01. The Morgan fingerprint density at radius 1 is 1.30 bits per heavy atom. The van der Waals surface area contributed by atoms with Crippen LogP contribution >= 0.6 is 15.9 Å². The molecule has 3 amide bonds. The largest absolute Gasteiger partial charge is 0.405 e. The summed E-state index contributed by atoms with van der Waals surface area (Å²) in [5, 5.41) is 4.42. The minimum atomic E-state index is -4.56. The molecule has 2 bridgehead atoms. The molecule has 4 heterocycles. The van der Waals surface area contributed by atoms with E-state index in [1.807, 2.05) is 4.90 Å². The maximum Gasteiger partial charge on any atom is 0.405 e. The molecule has 30 heavy (non-hydrogen) atoms. The maximum atomic E-state index is 13.0. The summed E-state index contributed by atoms with van der Waals surface area (Å²) in [5.41, 5.74) is 0.536. The van der Waals surface area contributed by atoms with E-state index in [1.165, 1.54) is 17.3 Å². The van der Waals surface area contributed by atoms with E-state index in [0.29, 0.717) is 31.0 Å². The van der Waals surface area contributed by atoms with Gasteiger partial charge in [-0.2, -0.15) is 13.2 Å². The molecule has 9 nitrogen and oxygen atoms in total. The van der Waals surface area contributed by atoms with E-state index in [4.69, 9.17) is 0 Å². The molecule has 4 rings (SSSR count). The van der Waals surface area contributed by atoms with Gasteiger partial charge >= 0.3 is 12.2 Å². The molecular weight excluding hydrogens is 471 g/mol. The lowest BCUT2D eigenvalue weighted by atomic mass is 10.2. The summed E-state index contributed by atoms with van der Waals surface area (Å²) in [4.78, 5) is 40.5. The van der Waals surface area contributed by atoms with Gasteiger partial charge in [0, 0.05) is 23.8 Å². The first-order valence-electron chi connectivity index (χ1n) is 8.90. The SMILES string of the molecule is O=C(NCC(F)(F)F)c1ncc2c(n1)N(C(=O)Nc1cc(Br)ccn1)C1CCN2C1. The number of urea groups is 1. The summed E-state index contributed by atoms with van der Waals surface area (Å²) < 4.78 is 37.9. The normalized spacial score (nSPS) is 17.5. The van der Waals surface area contributed by atoms with Gasteiger partial charge in [0.25, 0.3) is 5.91 Å². The standard InChI is InChI=1S/C17H15BrF3N7O2/c18-9-1-3-22-12(5-9)25-16(30)28-10-2-4-27(7-10)11-6-23-13(26-14(11)28)15(29)24-8-17(19,20)21/h1,3,5-6,10H,2,4,7-8H2,(H,24,29)(H,22,25,30). The number of anilines is 3. The van der Waals surface area contributed by atoms with Gasteiger partial charge in [-0.25, -0.2) is 19.7 Å². The second-order valence-electron chi connectivity index (χ2n) is 6.75. The van der Waals surface area contributed by atoms with Gasteiger partial charge in [0.05, 0.1) is 17.9 Å². The number of hydrogen-bond donors (Lipinski definition) is 2. The fraction of sp³-hybridized carbons (Fsp3) is 0.353. The van der Waals surface area contributed by atoms with Gasteiger partial charge in [0.1, 0.15) is 12.4 Å². The van der Waals surface area contributed by atoms with Crippen molar-refractivity contribution >= 4 is 45.2 Å². The molecular formula is C17H15BrF3N7O2. The van der Waals surface area contributed by atoms with Gasteiger partial charge in [0.15, 0.2) is 5.82 Å². The van der Waals surface area contributed by atoms with E-state index >= 15 is 0 Å². The number of rotatable bonds is 3. The van der Waals surface area contributed by atoms with Crippen LogP contribution in [0.4, 0.5) is 35.3 Å². The molecule has 1 unspecified atom stereocenters. The smallest absolute Gasteiger partial charge is 0.365 e. The molecule has 0 saturated carbocycles. The fourth-order valence-corrected chi connectivity index (χ4v) is 3.72. The van der Waals surface area contributed by atoms with Crippen molar-refractivity contribution < 1.29 is 22.8 Å². The predicted octanol–water partition coefficient (Wildman–Crippen LogP) is 2.56. The number of halogens is 4. The molecule has 1 atom stereocenters. The number of amides is 3. The number of carbonyl (C=O) groups is 2. The lowest BCUT2D eigenvalue weighted by Gasteiger charge is -2.35. The van der Waals surface area contributed by atoms with Crippen molar-refractivity contribution in [2.75, 3.05) is 34.8 Å². The van der Waals surface area contributed by atoms with Gasteiger partial charge in [0.2, 0.25) is 5.82 Å². The summed E-state index contributed by atoms with van der Waals surface area (Å²) in [7, 11) is 0. The first-order chi connectivity index (χ1) is 14.2. The Hall–Kier alpha value is -2.96. The first-order valence-corrected chi connectivity index (χ1v) is 9.69. The number of hydrogen-bond acceptors (Lipinski definition) is 6. The summed E-state index contributed by atoms with van der Waals surface area (Å²) in [6, 6.07) is 2.62. The van der Waals surface area contributed by atoms with Crippen LogP contribution in [0.25, 0.3) is 0 Å². The van der Waals surface area contributed by atoms with Crippen LogP contribution in [0, 0.1) is 0 Å². The Kier molecular flexibility index (Phi) is 5.22. The van der Waals surface area contributed by atoms with E-state index in [0.717, 1.165) is 4.47 Å². The molecule has 2 aliphatic heterocycles. The highest BCUT2D eigenvalue weighted by Gasteiger charge is 2.41. The van der Waals surface area contributed by atoms with E-state index in [2.05, 4.69) is 36.2 Å². The highest BCUT2D eigenvalue weighted by molar-refractivity contribution is 9.10. The molecule has 0 spiro atoms. The van der Waals surface area contributed by atoms with Crippen molar-refractivity contribution in [1.29, 1.82) is 0 Å². The van der Waals surface area contributed by atoms with Gasteiger partial charge in [-0.05, 0) is 18.6 Å². The van der Waals surface area contributed by atoms with Crippen LogP contribution in [-0.4, -0.2) is 58.7 Å². The van der Waals surface area contributed by atoms with Crippen molar-refractivity contribution in [2.24, 2.45) is 0 Å². The van der Waals surface area contributed by atoms with Crippen LogP contribution in [0.2, 0.25) is 0 Å². The average molecular weight is 486 g/mol. The number of nitrogens with one attached hydrogen (secondary N) is 2. The second-order valence-corrected chi connectivity index (χ2v) is 7.66. The maximum absolute atomic E-state index is 13.0. The third-order valence-electron chi connectivity index (χ3n) is 4.68. The Labute approximate surface area is 176 Å². The molecule has 0 radical (unpaired) electrons. The number of aromatic nitrogens is 3. The van der Waals surface area contributed by atoms with Crippen LogP contribution in [0.15, 0.2) is 29.0 Å². The molecule has 2 aromatic heterocycles. The third kappa shape index (κ3) is 4.15. The van der Waals surface area contributed by atoms with E-state index in [9.17, 15) is 22.8 Å². The molecule has 13 heteroatoms. The van der Waals surface area contributed by atoms with Crippen molar-refractivity contribution in [3.63, 3.8) is 0 Å². The van der Waals surface area contributed by atoms with Crippen molar-refractivity contribution in [3.8, 4) is 0 Å². The Morgan fingerprint density at radius 3 is 2.83 bits per heavy atom. The summed E-state index contributed by atoms with van der Waals surface area (Å²) in [5.74, 6) is -1.03. The highest BCUT2D eigenvalue weighted by atomic mass is 79.9. The zero-order valence-electron chi connectivity index (χ0n) is 15.3. The zero-order valence-corrected chi connectivity index (χ0v) is 16.9. The molecule has 1 fully saturated rings. The monoisotopic (exact) mass is 485 g/mol. The second kappa shape index (κ2) is 7.70. The predicted molar refractivity (Wildman–Crippen MR) is 104 cm³/mol. The Balaban J connectivity index is 1.62. The molecule has 2 aliphatic rings. The number of nitrogens with zero attached hydrogens (tertiary/aromatic N) is 5.